The third-order valence-corrected chi connectivity index (χ3v) is 5.93. The van der Waals surface area contributed by atoms with E-state index in [1.807, 2.05) is 0 Å². The molecule has 1 amide bonds. The summed E-state index contributed by atoms with van der Waals surface area (Å²) in [5.74, 6) is 1.65. The molecule has 1 aromatic heterocycles. The van der Waals surface area contributed by atoms with Gasteiger partial charge in [0, 0.05) is 5.56 Å². The van der Waals surface area contributed by atoms with E-state index in [9.17, 15) is 19.6 Å². The highest BCUT2D eigenvalue weighted by atomic mass is 31.2. The van der Waals surface area contributed by atoms with Crippen LogP contribution in [0.2, 0.25) is 0 Å². The van der Waals surface area contributed by atoms with E-state index in [0.717, 1.165) is 4.68 Å². The first-order chi connectivity index (χ1) is 14.3. The van der Waals surface area contributed by atoms with Crippen LogP contribution in [0.5, 0.6) is 5.75 Å². The Balaban J connectivity index is 1.47. The molecule has 13 heteroatoms. The minimum absolute atomic E-state index is 0.0210. The molecule has 0 aliphatic carbocycles. The predicted molar refractivity (Wildman–Crippen MR) is 97.8 cm³/mol. The second kappa shape index (κ2) is 7.81. The zero-order valence-electron chi connectivity index (χ0n) is 15.3. The number of phosphoric acid groups is 1. The molecule has 12 nitrogen and oxygen atoms in total. The fourth-order valence-corrected chi connectivity index (χ4v) is 4.30. The van der Waals surface area contributed by atoms with Gasteiger partial charge in [0.25, 0.3) is 5.91 Å². The smallest absolute Gasteiger partial charge is 0.404 e. The molecule has 158 valence electrons. The number of phosphoric ester groups is 1. The molecule has 1 unspecified atom stereocenters. The zero-order valence-corrected chi connectivity index (χ0v) is 16.2. The van der Waals surface area contributed by atoms with Gasteiger partial charge in [-0.05, 0) is 12.0 Å². The Hall–Kier alpha value is -2.78. The number of rotatable bonds is 5. The number of terminal acetylenes is 1. The van der Waals surface area contributed by atoms with Crippen LogP contribution >= 0.6 is 7.82 Å². The van der Waals surface area contributed by atoms with E-state index < -0.39 is 44.9 Å². The lowest BCUT2D eigenvalue weighted by Gasteiger charge is -2.25. The highest BCUT2D eigenvalue weighted by Crippen LogP contribution is 2.54. The van der Waals surface area contributed by atoms with Gasteiger partial charge >= 0.3 is 7.82 Å². The number of aromatic nitrogens is 3. The van der Waals surface area contributed by atoms with Crippen molar-refractivity contribution in [2.24, 2.45) is 5.73 Å². The van der Waals surface area contributed by atoms with Gasteiger partial charge in [0.15, 0.2) is 11.9 Å². The summed E-state index contributed by atoms with van der Waals surface area (Å²) in [5.41, 5.74) is 5.49. The van der Waals surface area contributed by atoms with Crippen molar-refractivity contribution in [2.75, 3.05) is 6.61 Å². The maximum absolute atomic E-state index is 12.7. The number of amides is 1. The number of carbonyl (C=O) groups excluding carboxylic acids is 1. The van der Waals surface area contributed by atoms with Crippen molar-refractivity contribution in [3.8, 4) is 18.1 Å². The lowest BCUT2D eigenvalue weighted by atomic mass is 10.1. The molecule has 0 radical (unpaired) electrons. The Kier molecular flexibility index (Phi) is 5.33. The molecule has 2 aliphatic heterocycles. The predicted octanol–water partition coefficient (Wildman–Crippen LogP) is -0.289. The van der Waals surface area contributed by atoms with Crippen LogP contribution in [0.25, 0.3) is 0 Å². The largest absolute Gasteiger partial charge is 0.530 e. The van der Waals surface area contributed by atoms with Gasteiger partial charge in [-0.1, -0.05) is 23.4 Å². The van der Waals surface area contributed by atoms with E-state index in [0.29, 0.717) is 11.3 Å². The van der Waals surface area contributed by atoms with Gasteiger partial charge in [0.1, 0.15) is 29.8 Å². The first-order valence-electron chi connectivity index (χ1n) is 8.73. The minimum Gasteiger partial charge on any atom is -0.404 e. The molecular weight excluding hydrogens is 419 g/mol. The molecule has 0 bridgehead atoms. The van der Waals surface area contributed by atoms with Gasteiger partial charge in [-0.25, -0.2) is 9.25 Å². The molecule has 1 saturated heterocycles. The molecule has 2 aliphatic rings. The van der Waals surface area contributed by atoms with Crippen molar-refractivity contribution in [3.63, 3.8) is 0 Å². The Morgan fingerprint density at radius 2 is 2.17 bits per heavy atom. The fraction of sp³-hybridized carbons (Fsp3) is 0.353. The number of hydrogen-bond acceptors (Lipinski definition) is 10. The van der Waals surface area contributed by atoms with E-state index in [4.69, 9.17) is 30.5 Å². The third kappa shape index (κ3) is 3.59. The van der Waals surface area contributed by atoms with Crippen molar-refractivity contribution in [3.05, 3.63) is 41.2 Å². The lowest BCUT2D eigenvalue weighted by molar-refractivity contribution is -0.0600. The first-order valence-corrected chi connectivity index (χ1v) is 10.2. The van der Waals surface area contributed by atoms with E-state index in [1.54, 1.807) is 24.3 Å². The summed E-state index contributed by atoms with van der Waals surface area (Å²) in [7, 11) is -3.96. The Morgan fingerprint density at radius 3 is 2.90 bits per heavy atom. The summed E-state index contributed by atoms with van der Waals surface area (Å²) >= 11 is 0. The highest BCUT2D eigenvalue weighted by molar-refractivity contribution is 7.49. The molecule has 30 heavy (non-hydrogen) atoms. The van der Waals surface area contributed by atoms with Crippen LogP contribution in [0.15, 0.2) is 24.3 Å². The van der Waals surface area contributed by atoms with Crippen LogP contribution in [0, 0.1) is 12.3 Å². The fourth-order valence-electron chi connectivity index (χ4n) is 3.08. The molecule has 2 aromatic rings. The van der Waals surface area contributed by atoms with Crippen LogP contribution in [0.1, 0.15) is 28.0 Å². The molecule has 4 N–H and O–H groups in total. The van der Waals surface area contributed by atoms with Crippen molar-refractivity contribution >= 4 is 13.7 Å². The van der Waals surface area contributed by atoms with Gasteiger partial charge in [-0.3, -0.25) is 13.8 Å². The highest BCUT2D eigenvalue weighted by Gasteiger charge is 2.47. The number of aliphatic hydroxyl groups excluding tert-OH is 2. The summed E-state index contributed by atoms with van der Waals surface area (Å²) in [6.07, 6.45) is 0.0105. The van der Waals surface area contributed by atoms with Crippen LogP contribution < -0.4 is 10.3 Å². The zero-order chi connectivity index (χ0) is 21.5. The Morgan fingerprint density at radius 1 is 1.40 bits per heavy atom. The number of carbonyl (C=O) groups is 1. The Labute approximate surface area is 170 Å². The molecule has 1 fully saturated rings. The van der Waals surface area contributed by atoms with E-state index >= 15 is 0 Å². The van der Waals surface area contributed by atoms with Crippen LogP contribution in [-0.2, 0) is 25.0 Å². The van der Waals surface area contributed by atoms with Crippen molar-refractivity contribution in [1.29, 1.82) is 0 Å². The van der Waals surface area contributed by atoms with Gasteiger partial charge < -0.3 is 25.2 Å². The number of para-hydroxylation sites is 1. The Bertz CT molecular complexity index is 1070. The quantitative estimate of drug-likeness (QED) is 0.418. The van der Waals surface area contributed by atoms with E-state index in [-0.39, 0.29) is 18.0 Å². The molecule has 4 rings (SSSR count). The number of benzene rings is 1. The summed E-state index contributed by atoms with van der Waals surface area (Å²) in [4.78, 5) is 11.4. The van der Waals surface area contributed by atoms with E-state index in [2.05, 4.69) is 16.2 Å². The summed E-state index contributed by atoms with van der Waals surface area (Å²) < 4.78 is 35.0. The lowest BCUT2D eigenvalue weighted by Crippen LogP contribution is -2.34. The van der Waals surface area contributed by atoms with Crippen LogP contribution in [-0.4, -0.2) is 56.0 Å². The van der Waals surface area contributed by atoms with E-state index in [1.165, 1.54) is 0 Å². The van der Waals surface area contributed by atoms with Gasteiger partial charge in [-0.2, -0.15) is 0 Å². The number of fused-ring (bicyclic) bond motifs is 1. The molecule has 1 aromatic carbocycles. The number of hydrogen-bond donors (Lipinski definition) is 3. The second-order valence-corrected chi connectivity index (χ2v) is 8.09. The minimum atomic E-state index is -3.96. The number of ether oxygens (including phenoxy) is 1. The van der Waals surface area contributed by atoms with Crippen molar-refractivity contribution in [2.45, 2.75) is 31.1 Å². The summed E-state index contributed by atoms with van der Waals surface area (Å²) in [5, 5.41) is 27.9. The second-order valence-electron chi connectivity index (χ2n) is 6.50. The maximum Gasteiger partial charge on any atom is 0.530 e. The molecule has 0 spiro atoms. The first kappa shape index (κ1) is 20.5. The monoisotopic (exact) mass is 436 g/mol. The number of nitrogens with zero attached hydrogens (tertiary/aromatic N) is 3. The SMILES string of the molecule is C#Cc1c(C(N)=O)nnn1[C@@H]1O[C@H](COP2(=O)OCc3ccccc3O2)[C@@H](O)[C@H]1O. The van der Waals surface area contributed by atoms with Gasteiger partial charge in [0.05, 0.1) is 13.2 Å². The molecule has 5 atom stereocenters. The van der Waals surface area contributed by atoms with Crippen LogP contribution in [0.3, 0.4) is 0 Å². The average molecular weight is 436 g/mol. The van der Waals surface area contributed by atoms with Crippen molar-refractivity contribution in [1.82, 2.24) is 15.0 Å². The average Bonchev–Trinajstić information content (AvgIpc) is 3.28. The standard InChI is InChI=1S/C17H17N4O8P/c1-2-10-13(16(18)24)19-20-21(10)17-15(23)14(22)12(28-17)8-27-30(25)26-7-9-5-3-4-6-11(9)29-30/h1,3-6,12,14-15,17,22-23H,7-8H2,(H2,18,24)/t12-,14-,15-,17-,30?/m1/s1. The number of primary amides is 1. The number of nitrogens with two attached hydrogens (primary N) is 1. The van der Waals surface area contributed by atoms with Crippen LogP contribution in [0.4, 0.5) is 0 Å². The normalized spacial score (nSPS) is 30.3. The maximum atomic E-state index is 12.7. The van der Waals surface area contributed by atoms with Crippen molar-refractivity contribution < 1.29 is 37.9 Å². The molecule has 0 saturated carbocycles. The number of aliphatic hydroxyl groups is 2. The molecular formula is C17H17N4O8P. The third-order valence-electron chi connectivity index (χ3n) is 4.60. The molecule has 3 heterocycles. The topological polar surface area (TPSA) is 168 Å². The summed E-state index contributed by atoms with van der Waals surface area (Å²) in [6.45, 7) is -0.413. The van der Waals surface area contributed by atoms with Gasteiger partial charge in [0.2, 0.25) is 0 Å². The summed E-state index contributed by atoms with van der Waals surface area (Å²) in [6, 6.07) is 6.87. The van der Waals surface area contributed by atoms with Gasteiger partial charge in [-0.15, -0.1) is 11.5 Å².